The van der Waals surface area contributed by atoms with E-state index in [1.165, 1.54) is 19.1 Å². The van der Waals surface area contributed by atoms with Gasteiger partial charge in [-0.25, -0.2) is 0 Å². The third-order valence-corrected chi connectivity index (χ3v) is 5.11. The van der Waals surface area contributed by atoms with Crippen LogP contribution in [0.2, 0.25) is 0 Å². The minimum atomic E-state index is -1.00. The molecule has 1 atom stereocenters. The molecule has 3 rings (SSSR count). The first-order valence-corrected chi connectivity index (χ1v) is 9.66. The Labute approximate surface area is 179 Å². The van der Waals surface area contributed by atoms with E-state index in [1.807, 2.05) is 0 Å². The maximum absolute atomic E-state index is 13.0. The van der Waals surface area contributed by atoms with Crippen LogP contribution >= 0.6 is 0 Å². The van der Waals surface area contributed by atoms with E-state index < -0.39 is 23.7 Å². The molecular formula is C23H23NO7. The van der Waals surface area contributed by atoms with Crippen molar-refractivity contribution in [3.8, 4) is 11.5 Å². The van der Waals surface area contributed by atoms with Gasteiger partial charge < -0.3 is 24.6 Å². The molecule has 0 aliphatic carbocycles. The van der Waals surface area contributed by atoms with Gasteiger partial charge in [0.15, 0.2) is 0 Å². The fourth-order valence-electron chi connectivity index (χ4n) is 3.64. The van der Waals surface area contributed by atoms with Crippen molar-refractivity contribution in [2.75, 3.05) is 20.8 Å². The van der Waals surface area contributed by atoms with E-state index in [4.69, 9.17) is 14.6 Å². The summed E-state index contributed by atoms with van der Waals surface area (Å²) in [4.78, 5) is 38.1. The van der Waals surface area contributed by atoms with Crippen LogP contribution in [0.1, 0.15) is 30.0 Å². The average Bonchev–Trinajstić information content (AvgIpc) is 3.03. The van der Waals surface area contributed by atoms with E-state index in [0.717, 1.165) is 0 Å². The van der Waals surface area contributed by atoms with Crippen LogP contribution in [-0.2, 0) is 14.4 Å². The monoisotopic (exact) mass is 425 g/mol. The summed E-state index contributed by atoms with van der Waals surface area (Å²) in [5.41, 5.74) is 0.754. The number of aliphatic hydroxyl groups is 1. The Hall–Kier alpha value is -3.81. The number of Topliss-reactive ketones (excluding diaryl/α,β-unsaturated/α-hetero) is 1. The standard InChI is InChI=1S/C23H23NO7/c1-30-15-10-11-17(31-2)16(13-15)20-19(21(27)14-7-4-3-5-8-14)22(28)23(29)24(20)12-6-9-18(25)26/h3-5,7-8,10-11,13,20,27H,6,9,12H2,1-2H3,(H,25,26)/b21-19-. The lowest BCUT2D eigenvalue weighted by Crippen LogP contribution is -2.31. The van der Waals surface area contributed by atoms with Gasteiger partial charge in [0, 0.05) is 24.1 Å². The number of aliphatic carboxylic acids is 1. The van der Waals surface area contributed by atoms with Crippen LogP contribution in [0.4, 0.5) is 0 Å². The Bertz CT molecular complexity index is 1030. The molecule has 1 unspecified atom stereocenters. The largest absolute Gasteiger partial charge is 0.507 e. The number of hydrogen-bond donors (Lipinski definition) is 2. The van der Waals surface area contributed by atoms with E-state index in [0.29, 0.717) is 22.6 Å². The van der Waals surface area contributed by atoms with Crippen LogP contribution in [-0.4, -0.2) is 53.5 Å². The molecule has 162 valence electrons. The van der Waals surface area contributed by atoms with Gasteiger partial charge in [0.25, 0.3) is 11.7 Å². The van der Waals surface area contributed by atoms with Gasteiger partial charge in [-0.3, -0.25) is 14.4 Å². The first kappa shape index (κ1) is 21.9. The number of carboxylic acid groups (broad SMARTS) is 1. The molecule has 0 radical (unpaired) electrons. The number of rotatable bonds is 8. The van der Waals surface area contributed by atoms with Gasteiger partial charge in [0.1, 0.15) is 17.3 Å². The summed E-state index contributed by atoms with van der Waals surface area (Å²) in [6.07, 6.45) is -0.0137. The third kappa shape index (κ3) is 4.37. The summed E-state index contributed by atoms with van der Waals surface area (Å²) in [7, 11) is 2.94. The number of carboxylic acids is 1. The average molecular weight is 425 g/mol. The minimum Gasteiger partial charge on any atom is -0.507 e. The topological polar surface area (TPSA) is 113 Å². The molecule has 8 nitrogen and oxygen atoms in total. The number of carbonyl (C=O) groups excluding carboxylic acids is 2. The number of ether oxygens (including phenoxy) is 2. The number of nitrogens with zero attached hydrogens (tertiary/aromatic N) is 1. The van der Waals surface area contributed by atoms with Crippen LogP contribution in [0.5, 0.6) is 11.5 Å². The van der Waals surface area contributed by atoms with Gasteiger partial charge in [0.2, 0.25) is 0 Å². The molecule has 1 saturated heterocycles. The molecule has 31 heavy (non-hydrogen) atoms. The highest BCUT2D eigenvalue weighted by atomic mass is 16.5. The van der Waals surface area contributed by atoms with Crippen molar-refractivity contribution >= 4 is 23.4 Å². The van der Waals surface area contributed by atoms with E-state index in [1.54, 1.807) is 48.5 Å². The predicted molar refractivity (Wildman–Crippen MR) is 112 cm³/mol. The second-order valence-corrected chi connectivity index (χ2v) is 6.96. The Balaban J connectivity index is 2.19. The van der Waals surface area contributed by atoms with E-state index in [-0.39, 0.29) is 30.7 Å². The lowest BCUT2D eigenvalue weighted by molar-refractivity contribution is -0.140. The van der Waals surface area contributed by atoms with Crippen LogP contribution in [0, 0.1) is 0 Å². The molecule has 1 heterocycles. The van der Waals surface area contributed by atoms with Gasteiger partial charge in [-0.05, 0) is 24.6 Å². The van der Waals surface area contributed by atoms with Crippen molar-refractivity contribution in [2.45, 2.75) is 18.9 Å². The SMILES string of the molecule is COc1ccc(OC)c(C2/C(=C(/O)c3ccccc3)C(=O)C(=O)N2CCCC(=O)O)c1. The van der Waals surface area contributed by atoms with Gasteiger partial charge in [-0.1, -0.05) is 30.3 Å². The Morgan fingerprint density at radius 1 is 1.03 bits per heavy atom. The highest BCUT2D eigenvalue weighted by Gasteiger charge is 2.47. The number of hydrogen-bond acceptors (Lipinski definition) is 6. The van der Waals surface area contributed by atoms with Gasteiger partial charge in [0.05, 0.1) is 25.8 Å². The van der Waals surface area contributed by atoms with E-state index >= 15 is 0 Å². The van der Waals surface area contributed by atoms with Gasteiger partial charge in [-0.15, -0.1) is 0 Å². The highest BCUT2D eigenvalue weighted by molar-refractivity contribution is 6.46. The molecular weight excluding hydrogens is 402 g/mol. The van der Waals surface area contributed by atoms with Gasteiger partial charge >= 0.3 is 5.97 Å². The zero-order chi connectivity index (χ0) is 22.5. The van der Waals surface area contributed by atoms with Crippen molar-refractivity contribution in [3.05, 3.63) is 65.2 Å². The maximum Gasteiger partial charge on any atom is 0.303 e. The lowest BCUT2D eigenvalue weighted by atomic mass is 9.94. The Kier molecular flexibility index (Phi) is 6.59. The quantitative estimate of drug-likeness (QED) is 0.380. The molecule has 1 fully saturated rings. The summed E-state index contributed by atoms with van der Waals surface area (Å²) in [5, 5.41) is 19.9. The molecule has 1 amide bonds. The smallest absolute Gasteiger partial charge is 0.303 e. The highest BCUT2D eigenvalue weighted by Crippen LogP contribution is 2.43. The molecule has 2 aromatic carbocycles. The summed E-state index contributed by atoms with van der Waals surface area (Å²) >= 11 is 0. The maximum atomic E-state index is 13.0. The number of aliphatic hydroxyl groups excluding tert-OH is 1. The molecule has 2 aromatic rings. The molecule has 0 bridgehead atoms. The van der Waals surface area contributed by atoms with Crippen LogP contribution in [0.15, 0.2) is 54.1 Å². The van der Waals surface area contributed by atoms with Crippen LogP contribution in [0.3, 0.4) is 0 Å². The Morgan fingerprint density at radius 2 is 1.74 bits per heavy atom. The number of carbonyl (C=O) groups is 3. The van der Waals surface area contributed by atoms with Crippen molar-refractivity contribution in [3.63, 3.8) is 0 Å². The van der Waals surface area contributed by atoms with E-state index in [2.05, 4.69) is 0 Å². The number of amides is 1. The molecule has 2 N–H and O–H groups in total. The van der Waals surface area contributed by atoms with Gasteiger partial charge in [-0.2, -0.15) is 0 Å². The first-order valence-electron chi connectivity index (χ1n) is 9.66. The second kappa shape index (κ2) is 9.34. The van der Waals surface area contributed by atoms with Crippen molar-refractivity contribution < 1.29 is 34.1 Å². The molecule has 0 saturated carbocycles. The summed E-state index contributed by atoms with van der Waals surface area (Å²) in [5.74, 6) is -2.09. The number of ketones is 1. The predicted octanol–water partition coefficient (Wildman–Crippen LogP) is 2.99. The molecule has 0 spiro atoms. The fraction of sp³-hybridized carbons (Fsp3) is 0.261. The summed E-state index contributed by atoms with van der Waals surface area (Å²) in [6, 6.07) is 12.4. The molecule has 1 aliphatic heterocycles. The molecule has 0 aromatic heterocycles. The normalized spacial score (nSPS) is 17.6. The van der Waals surface area contributed by atoms with Crippen LogP contribution in [0.25, 0.3) is 5.76 Å². The van der Waals surface area contributed by atoms with Crippen molar-refractivity contribution in [1.29, 1.82) is 0 Å². The minimum absolute atomic E-state index is 0.0213. The van der Waals surface area contributed by atoms with Crippen molar-refractivity contribution in [2.24, 2.45) is 0 Å². The molecule has 1 aliphatic rings. The zero-order valence-corrected chi connectivity index (χ0v) is 17.2. The van der Waals surface area contributed by atoms with Crippen molar-refractivity contribution in [1.82, 2.24) is 4.90 Å². The fourth-order valence-corrected chi connectivity index (χ4v) is 3.64. The van der Waals surface area contributed by atoms with Crippen LogP contribution < -0.4 is 9.47 Å². The first-order chi connectivity index (χ1) is 14.9. The Morgan fingerprint density at radius 3 is 2.35 bits per heavy atom. The number of benzene rings is 2. The second-order valence-electron chi connectivity index (χ2n) is 6.96. The number of likely N-dealkylation sites (tertiary alicyclic amines) is 1. The zero-order valence-electron chi connectivity index (χ0n) is 17.2. The summed E-state index contributed by atoms with van der Waals surface area (Å²) < 4.78 is 10.7. The summed E-state index contributed by atoms with van der Waals surface area (Å²) in [6.45, 7) is 0.0213. The third-order valence-electron chi connectivity index (χ3n) is 5.11. The molecule has 8 heteroatoms. The van der Waals surface area contributed by atoms with E-state index in [9.17, 15) is 19.5 Å². The lowest BCUT2D eigenvalue weighted by Gasteiger charge is -2.26. The number of methoxy groups -OCH3 is 2.